The molecule has 1 saturated carbocycles. The third-order valence-corrected chi connectivity index (χ3v) is 4.71. The molecule has 116 valence electrons. The number of benzene rings is 1. The molecule has 1 aromatic rings. The molecule has 4 heteroatoms. The molecule has 0 bridgehead atoms. The number of para-hydroxylation sites is 1. The van der Waals surface area contributed by atoms with Crippen molar-refractivity contribution in [1.82, 2.24) is 10.2 Å². The monoisotopic (exact) mass is 291 g/mol. The fourth-order valence-electron chi connectivity index (χ4n) is 3.16. The van der Waals surface area contributed by atoms with Crippen LogP contribution in [-0.4, -0.2) is 49.7 Å². The topological polar surface area (TPSA) is 18.5 Å². The van der Waals surface area contributed by atoms with Gasteiger partial charge in [0.1, 0.15) is 5.82 Å². The normalized spacial score (nSPS) is 21.5. The smallest absolute Gasteiger partial charge is 0.146 e. The maximum absolute atomic E-state index is 13.8. The van der Waals surface area contributed by atoms with E-state index >= 15 is 0 Å². The molecular formula is C17H26FN3. The molecule has 1 atom stereocenters. The Balaban J connectivity index is 1.52. The van der Waals surface area contributed by atoms with Gasteiger partial charge < -0.3 is 10.2 Å². The second kappa shape index (κ2) is 6.75. The molecule has 1 N–H and O–H groups in total. The lowest BCUT2D eigenvalue weighted by atomic mass is 10.1. The van der Waals surface area contributed by atoms with E-state index in [0.717, 1.165) is 44.5 Å². The van der Waals surface area contributed by atoms with Crippen molar-refractivity contribution in [2.75, 3.05) is 37.6 Å². The predicted molar refractivity (Wildman–Crippen MR) is 85.3 cm³/mol. The average Bonchev–Trinajstić information content (AvgIpc) is 3.33. The predicted octanol–water partition coefficient (Wildman–Crippen LogP) is 2.48. The Morgan fingerprint density at radius 2 is 1.90 bits per heavy atom. The van der Waals surface area contributed by atoms with E-state index in [-0.39, 0.29) is 5.82 Å². The van der Waals surface area contributed by atoms with E-state index in [2.05, 4.69) is 22.0 Å². The molecule has 0 radical (unpaired) electrons. The van der Waals surface area contributed by atoms with Crippen LogP contribution in [0.3, 0.4) is 0 Å². The van der Waals surface area contributed by atoms with Crippen LogP contribution < -0.4 is 10.2 Å². The zero-order chi connectivity index (χ0) is 14.7. The molecule has 1 aliphatic heterocycles. The lowest BCUT2D eigenvalue weighted by molar-refractivity contribution is 0.175. The lowest BCUT2D eigenvalue weighted by Gasteiger charge is -2.40. The first-order valence-electron chi connectivity index (χ1n) is 8.25. The first-order chi connectivity index (χ1) is 10.3. The fourth-order valence-corrected chi connectivity index (χ4v) is 3.16. The first-order valence-corrected chi connectivity index (χ1v) is 8.25. The van der Waals surface area contributed by atoms with Crippen LogP contribution in [0.25, 0.3) is 0 Å². The Kier molecular flexibility index (Phi) is 4.76. The van der Waals surface area contributed by atoms with E-state index in [9.17, 15) is 4.39 Å². The van der Waals surface area contributed by atoms with Gasteiger partial charge in [0.05, 0.1) is 5.69 Å². The van der Waals surface area contributed by atoms with Gasteiger partial charge in [-0.25, -0.2) is 4.39 Å². The number of halogens is 1. The van der Waals surface area contributed by atoms with Crippen LogP contribution in [0, 0.1) is 5.82 Å². The molecule has 3 rings (SSSR count). The Morgan fingerprint density at radius 1 is 1.19 bits per heavy atom. The van der Waals surface area contributed by atoms with E-state index in [1.165, 1.54) is 19.3 Å². The number of piperazine rings is 1. The highest BCUT2D eigenvalue weighted by Crippen LogP contribution is 2.22. The Labute approximate surface area is 127 Å². The highest BCUT2D eigenvalue weighted by molar-refractivity contribution is 5.48. The van der Waals surface area contributed by atoms with E-state index in [0.29, 0.717) is 6.04 Å². The molecule has 21 heavy (non-hydrogen) atoms. The first kappa shape index (κ1) is 14.8. The van der Waals surface area contributed by atoms with Crippen molar-refractivity contribution in [3.8, 4) is 0 Å². The summed E-state index contributed by atoms with van der Waals surface area (Å²) in [6.45, 7) is 7.25. The van der Waals surface area contributed by atoms with Gasteiger partial charge in [0.25, 0.3) is 0 Å². The quantitative estimate of drug-likeness (QED) is 0.868. The number of hydrogen-bond donors (Lipinski definition) is 1. The van der Waals surface area contributed by atoms with Gasteiger partial charge in [-0.15, -0.1) is 0 Å². The van der Waals surface area contributed by atoms with Crippen LogP contribution in [0.5, 0.6) is 0 Å². The van der Waals surface area contributed by atoms with Crippen molar-refractivity contribution in [3.63, 3.8) is 0 Å². The summed E-state index contributed by atoms with van der Waals surface area (Å²) in [5.41, 5.74) is 0.751. The highest BCUT2D eigenvalue weighted by Gasteiger charge is 2.26. The van der Waals surface area contributed by atoms with Crippen LogP contribution in [0.4, 0.5) is 10.1 Å². The highest BCUT2D eigenvalue weighted by atomic mass is 19.1. The Hall–Kier alpha value is -1.13. The van der Waals surface area contributed by atoms with Gasteiger partial charge in [-0.1, -0.05) is 19.1 Å². The molecule has 2 aliphatic rings. The van der Waals surface area contributed by atoms with E-state index < -0.39 is 0 Å². The van der Waals surface area contributed by atoms with Gasteiger partial charge in [0.2, 0.25) is 0 Å². The van der Waals surface area contributed by atoms with Gasteiger partial charge in [-0.2, -0.15) is 0 Å². The fraction of sp³-hybridized carbons (Fsp3) is 0.647. The van der Waals surface area contributed by atoms with Crippen molar-refractivity contribution in [2.24, 2.45) is 0 Å². The van der Waals surface area contributed by atoms with Crippen LogP contribution in [-0.2, 0) is 0 Å². The second-order valence-electron chi connectivity index (χ2n) is 6.22. The Morgan fingerprint density at radius 3 is 2.52 bits per heavy atom. The maximum Gasteiger partial charge on any atom is 0.146 e. The molecule has 3 nitrogen and oxygen atoms in total. The van der Waals surface area contributed by atoms with E-state index in [1.807, 2.05) is 12.1 Å². The van der Waals surface area contributed by atoms with Gasteiger partial charge in [0.15, 0.2) is 0 Å². The van der Waals surface area contributed by atoms with Crippen LogP contribution in [0.1, 0.15) is 26.2 Å². The van der Waals surface area contributed by atoms with E-state index in [1.54, 1.807) is 12.1 Å². The van der Waals surface area contributed by atoms with Crippen LogP contribution >= 0.6 is 0 Å². The minimum absolute atomic E-state index is 0.103. The van der Waals surface area contributed by atoms with Gasteiger partial charge >= 0.3 is 0 Å². The summed E-state index contributed by atoms with van der Waals surface area (Å²) < 4.78 is 13.8. The summed E-state index contributed by atoms with van der Waals surface area (Å²) in [7, 11) is 0. The number of rotatable bonds is 6. The van der Waals surface area contributed by atoms with Crippen molar-refractivity contribution in [2.45, 2.75) is 38.3 Å². The molecule has 0 spiro atoms. The molecule has 1 aromatic carbocycles. The van der Waals surface area contributed by atoms with Crippen LogP contribution in [0.2, 0.25) is 0 Å². The van der Waals surface area contributed by atoms with Crippen LogP contribution in [0.15, 0.2) is 24.3 Å². The third kappa shape index (κ3) is 3.74. The number of nitrogens with zero attached hydrogens (tertiary/aromatic N) is 2. The average molecular weight is 291 g/mol. The largest absolute Gasteiger partial charge is 0.367 e. The summed E-state index contributed by atoms with van der Waals surface area (Å²) in [4.78, 5) is 4.74. The summed E-state index contributed by atoms with van der Waals surface area (Å²) >= 11 is 0. The Bertz CT molecular complexity index is 453. The standard InChI is InChI=1S/C17H26FN3/c1-2-15(13-19-14-7-8-14)20-9-11-21(12-10-20)17-6-4-3-5-16(17)18/h3-6,14-15,19H,2,7-13H2,1H3. The summed E-state index contributed by atoms with van der Waals surface area (Å²) in [6, 6.07) is 8.50. The number of nitrogens with one attached hydrogen (secondary N) is 1. The number of hydrogen-bond acceptors (Lipinski definition) is 3. The summed E-state index contributed by atoms with van der Waals surface area (Å²) in [5, 5.41) is 3.64. The molecule has 1 unspecified atom stereocenters. The zero-order valence-corrected chi connectivity index (χ0v) is 12.9. The van der Waals surface area contributed by atoms with Gasteiger partial charge in [0, 0.05) is 44.8 Å². The van der Waals surface area contributed by atoms with Crippen molar-refractivity contribution < 1.29 is 4.39 Å². The number of anilines is 1. The van der Waals surface area contributed by atoms with Crippen molar-refractivity contribution >= 4 is 5.69 Å². The zero-order valence-electron chi connectivity index (χ0n) is 12.9. The van der Waals surface area contributed by atoms with Crippen molar-refractivity contribution in [3.05, 3.63) is 30.1 Å². The molecule has 1 saturated heterocycles. The minimum Gasteiger partial charge on any atom is -0.367 e. The summed E-state index contributed by atoms with van der Waals surface area (Å²) in [5.74, 6) is -0.103. The molecular weight excluding hydrogens is 265 g/mol. The molecule has 0 amide bonds. The SMILES string of the molecule is CCC(CNC1CC1)N1CCN(c2ccccc2F)CC1. The lowest BCUT2D eigenvalue weighted by Crippen LogP contribution is -2.53. The van der Waals surface area contributed by atoms with Gasteiger partial charge in [-0.05, 0) is 31.4 Å². The van der Waals surface area contributed by atoms with Gasteiger partial charge in [-0.3, -0.25) is 4.90 Å². The van der Waals surface area contributed by atoms with E-state index in [4.69, 9.17) is 0 Å². The summed E-state index contributed by atoms with van der Waals surface area (Å²) in [6.07, 6.45) is 3.87. The third-order valence-electron chi connectivity index (χ3n) is 4.71. The van der Waals surface area contributed by atoms with Crippen molar-refractivity contribution in [1.29, 1.82) is 0 Å². The molecule has 2 fully saturated rings. The second-order valence-corrected chi connectivity index (χ2v) is 6.22. The minimum atomic E-state index is -0.103. The molecule has 1 aliphatic carbocycles. The maximum atomic E-state index is 13.8. The molecule has 1 heterocycles. The molecule has 0 aromatic heterocycles.